The fourth-order valence-electron chi connectivity index (χ4n) is 7.74. The molecule has 0 unspecified atom stereocenters. The van der Waals surface area contributed by atoms with Crippen LogP contribution in [0.2, 0.25) is 0 Å². The Morgan fingerprint density at radius 3 is 2.57 bits per heavy atom. The van der Waals surface area contributed by atoms with E-state index in [1.165, 1.54) is 44.1 Å². The summed E-state index contributed by atoms with van der Waals surface area (Å²) < 4.78 is 0. The molecule has 166 valence electrons. The highest BCUT2D eigenvalue weighted by Crippen LogP contribution is 2.64. The van der Waals surface area contributed by atoms with Crippen LogP contribution in [0, 0.1) is 40.4 Å². The molecule has 1 nitrogen and oxygen atoms in total. The van der Waals surface area contributed by atoms with Crippen LogP contribution < -0.4 is 0 Å². The normalized spacial score (nSPS) is 42.1. The number of hydrogen-bond acceptors (Lipinski definition) is 1. The summed E-state index contributed by atoms with van der Waals surface area (Å²) in [5.74, 6) is 2.91. The first-order chi connectivity index (χ1) is 14.1. The molecule has 0 aromatic heterocycles. The minimum absolute atomic E-state index is 0.0950. The van der Waals surface area contributed by atoms with Crippen molar-refractivity contribution in [1.82, 2.24) is 0 Å². The van der Waals surface area contributed by atoms with E-state index in [0.29, 0.717) is 40.4 Å². The van der Waals surface area contributed by atoms with Gasteiger partial charge in [0, 0.05) is 0 Å². The van der Waals surface area contributed by atoms with Gasteiger partial charge >= 0.3 is 0 Å². The molecule has 30 heavy (non-hydrogen) atoms. The van der Waals surface area contributed by atoms with Gasteiger partial charge in [0.25, 0.3) is 0 Å². The topological polar surface area (TPSA) is 20.2 Å². The van der Waals surface area contributed by atoms with Gasteiger partial charge in [-0.2, -0.15) is 0 Å². The Kier molecular flexibility index (Phi) is 5.76. The second kappa shape index (κ2) is 7.80. The average molecular weight is 409 g/mol. The fourth-order valence-corrected chi connectivity index (χ4v) is 7.74. The molecule has 4 aliphatic carbocycles. The van der Waals surface area contributed by atoms with Gasteiger partial charge in [-0.1, -0.05) is 77.5 Å². The largest absolute Gasteiger partial charge is 0.393 e. The SMILES string of the molecule is C=C(/C=C/[C@@H](C)[C@H]1CC=C2C3=C(CC[C@@]21C)[C@@]1(C)CC[C@H](O)[C@@H](C)[C@@H]1CC3)C(C)C. The van der Waals surface area contributed by atoms with Gasteiger partial charge in [0.1, 0.15) is 0 Å². The van der Waals surface area contributed by atoms with E-state index in [9.17, 15) is 5.11 Å². The highest BCUT2D eigenvalue weighted by atomic mass is 16.3. The van der Waals surface area contributed by atoms with Crippen LogP contribution >= 0.6 is 0 Å². The van der Waals surface area contributed by atoms with Crippen molar-refractivity contribution in [3.8, 4) is 0 Å². The molecule has 1 heteroatoms. The molecule has 0 amide bonds. The predicted molar refractivity (Wildman–Crippen MR) is 128 cm³/mol. The molecule has 4 aliphatic rings. The Balaban J connectivity index is 1.60. The van der Waals surface area contributed by atoms with Gasteiger partial charge in [-0.25, -0.2) is 0 Å². The lowest BCUT2D eigenvalue weighted by Gasteiger charge is -2.55. The maximum Gasteiger partial charge on any atom is 0.0569 e. The van der Waals surface area contributed by atoms with Crippen LogP contribution in [0.25, 0.3) is 0 Å². The van der Waals surface area contributed by atoms with Crippen molar-refractivity contribution in [3.05, 3.63) is 47.1 Å². The molecule has 0 spiro atoms. The number of aliphatic hydroxyl groups is 1. The second-order valence-corrected chi connectivity index (χ2v) is 11.8. The fraction of sp³-hybridized carbons (Fsp3) is 0.724. The number of aliphatic hydroxyl groups excluding tert-OH is 1. The zero-order valence-corrected chi connectivity index (χ0v) is 20.3. The summed E-state index contributed by atoms with van der Waals surface area (Å²) in [7, 11) is 0. The Morgan fingerprint density at radius 1 is 1.13 bits per heavy atom. The van der Waals surface area contributed by atoms with Crippen LogP contribution in [0.3, 0.4) is 0 Å². The van der Waals surface area contributed by atoms with E-state index < -0.39 is 0 Å². The Labute approximate surface area is 185 Å². The van der Waals surface area contributed by atoms with E-state index in [2.05, 4.69) is 66.3 Å². The summed E-state index contributed by atoms with van der Waals surface area (Å²) in [6.07, 6.45) is 15.7. The molecule has 4 rings (SSSR count). The van der Waals surface area contributed by atoms with Crippen LogP contribution in [0.1, 0.15) is 86.5 Å². The Morgan fingerprint density at radius 2 is 1.87 bits per heavy atom. The first-order valence-corrected chi connectivity index (χ1v) is 12.6. The van der Waals surface area contributed by atoms with E-state index >= 15 is 0 Å². The third-order valence-corrected chi connectivity index (χ3v) is 10.00. The molecule has 0 aromatic carbocycles. The third kappa shape index (κ3) is 3.31. The maximum atomic E-state index is 10.5. The Hall–Kier alpha value is -1.08. The lowest BCUT2D eigenvalue weighted by molar-refractivity contribution is -0.0286. The molecular formula is C29H44O. The van der Waals surface area contributed by atoms with E-state index in [1.807, 2.05) is 0 Å². The lowest BCUT2D eigenvalue weighted by Crippen LogP contribution is -2.48. The van der Waals surface area contributed by atoms with E-state index in [0.717, 1.165) is 6.42 Å². The molecule has 0 saturated heterocycles. The van der Waals surface area contributed by atoms with Crippen LogP contribution in [0.4, 0.5) is 0 Å². The first-order valence-electron chi connectivity index (χ1n) is 12.6. The summed E-state index contributed by atoms with van der Waals surface area (Å²) in [4.78, 5) is 0. The molecular weight excluding hydrogens is 364 g/mol. The van der Waals surface area contributed by atoms with Crippen LogP contribution in [0.5, 0.6) is 0 Å². The highest BCUT2D eigenvalue weighted by Gasteiger charge is 2.54. The van der Waals surface area contributed by atoms with Gasteiger partial charge in [0.05, 0.1) is 6.10 Å². The van der Waals surface area contributed by atoms with Crippen molar-refractivity contribution in [2.45, 2.75) is 92.6 Å². The van der Waals surface area contributed by atoms with Crippen molar-refractivity contribution in [2.75, 3.05) is 0 Å². The minimum atomic E-state index is -0.0950. The van der Waals surface area contributed by atoms with Gasteiger partial charge in [-0.15, -0.1) is 0 Å². The standard InChI is InChI=1S/C29H44O/c1-18(2)19(3)8-9-20(4)23-12-13-25-22-10-11-24-21(5)27(30)15-17-29(24,7)26(22)14-16-28(23,25)6/h8-9,13,18,20-21,23-24,27,30H,3,10-12,14-17H2,1-2,4-7H3/b9-8+/t20-,21+,23-,24+,27+,28-,29+/m1/s1. The van der Waals surface area contributed by atoms with E-state index in [-0.39, 0.29) is 6.10 Å². The summed E-state index contributed by atoms with van der Waals surface area (Å²) in [6, 6.07) is 0. The van der Waals surface area contributed by atoms with Gasteiger partial charge in [0.15, 0.2) is 0 Å². The van der Waals surface area contributed by atoms with Crippen molar-refractivity contribution in [2.24, 2.45) is 40.4 Å². The summed E-state index contributed by atoms with van der Waals surface area (Å²) in [5, 5.41) is 10.5. The van der Waals surface area contributed by atoms with Gasteiger partial charge in [0.2, 0.25) is 0 Å². The van der Waals surface area contributed by atoms with Crippen LogP contribution in [0.15, 0.2) is 47.1 Å². The monoisotopic (exact) mass is 408 g/mol. The van der Waals surface area contributed by atoms with E-state index in [1.54, 1.807) is 16.7 Å². The molecule has 0 aliphatic heterocycles. The Bertz CT molecular complexity index is 795. The van der Waals surface area contributed by atoms with Gasteiger partial charge in [-0.3, -0.25) is 0 Å². The molecule has 0 radical (unpaired) electrons. The molecule has 7 atom stereocenters. The van der Waals surface area contributed by atoms with E-state index in [4.69, 9.17) is 0 Å². The zero-order valence-electron chi connectivity index (χ0n) is 20.3. The molecule has 0 heterocycles. The number of rotatable bonds is 4. The number of allylic oxidation sites excluding steroid dienone is 7. The minimum Gasteiger partial charge on any atom is -0.393 e. The van der Waals surface area contributed by atoms with Crippen molar-refractivity contribution in [1.29, 1.82) is 0 Å². The van der Waals surface area contributed by atoms with Gasteiger partial charge < -0.3 is 5.11 Å². The average Bonchev–Trinajstić information content (AvgIpc) is 3.06. The molecule has 0 aromatic rings. The number of hydrogen-bond donors (Lipinski definition) is 1. The summed E-state index contributed by atoms with van der Waals surface area (Å²) >= 11 is 0. The van der Waals surface area contributed by atoms with Crippen molar-refractivity contribution < 1.29 is 5.11 Å². The maximum absolute atomic E-state index is 10.5. The quantitative estimate of drug-likeness (QED) is 0.474. The number of fused-ring (bicyclic) bond motifs is 4. The molecule has 0 bridgehead atoms. The van der Waals surface area contributed by atoms with Gasteiger partial charge in [-0.05, 0) is 96.5 Å². The lowest BCUT2D eigenvalue weighted by atomic mass is 9.49. The molecule has 1 fully saturated rings. The highest BCUT2D eigenvalue weighted by molar-refractivity contribution is 5.49. The predicted octanol–water partition coefficient (Wildman–Crippen LogP) is 7.64. The summed E-state index contributed by atoms with van der Waals surface area (Å²) in [5.41, 5.74) is 7.09. The van der Waals surface area contributed by atoms with Crippen LogP contribution in [-0.4, -0.2) is 11.2 Å². The third-order valence-electron chi connectivity index (χ3n) is 10.00. The smallest absolute Gasteiger partial charge is 0.0569 e. The van der Waals surface area contributed by atoms with Crippen molar-refractivity contribution >= 4 is 0 Å². The molecule has 1 saturated carbocycles. The first kappa shape index (κ1) is 22.1. The van der Waals surface area contributed by atoms with Crippen LogP contribution in [-0.2, 0) is 0 Å². The molecule has 1 N–H and O–H groups in total. The van der Waals surface area contributed by atoms with Crippen molar-refractivity contribution in [3.63, 3.8) is 0 Å². The second-order valence-electron chi connectivity index (χ2n) is 11.8. The summed E-state index contributed by atoms with van der Waals surface area (Å²) in [6.45, 7) is 18.5. The zero-order chi connectivity index (χ0) is 21.8.